The number of carbonyl (C=O) groups excluding carboxylic acids is 1. The summed E-state index contributed by atoms with van der Waals surface area (Å²) in [4.78, 5) is 13.3. The van der Waals surface area contributed by atoms with Crippen molar-refractivity contribution in [1.29, 1.82) is 0 Å². The third-order valence-corrected chi connectivity index (χ3v) is 6.05. The molecule has 0 saturated heterocycles. The second-order valence-electron chi connectivity index (χ2n) is 7.27. The minimum Gasteiger partial charge on any atom is -0.465 e. The van der Waals surface area contributed by atoms with Gasteiger partial charge in [0, 0.05) is 17.0 Å². The minimum atomic E-state index is -0.408. The molecule has 0 unspecified atom stereocenters. The molecule has 2 N–H and O–H groups in total. The van der Waals surface area contributed by atoms with Crippen LogP contribution in [0.2, 0.25) is 0 Å². The van der Waals surface area contributed by atoms with E-state index in [-0.39, 0.29) is 0 Å². The van der Waals surface area contributed by atoms with Crippen LogP contribution >= 0.6 is 23.6 Å². The van der Waals surface area contributed by atoms with Crippen molar-refractivity contribution >= 4 is 56.7 Å². The fourth-order valence-corrected chi connectivity index (χ4v) is 4.54. The first kappa shape index (κ1) is 23.3. The zero-order chi connectivity index (χ0) is 23.8. The molecule has 0 amide bonds. The van der Waals surface area contributed by atoms with Crippen LogP contribution in [0.15, 0.2) is 101 Å². The van der Waals surface area contributed by atoms with Gasteiger partial charge in [0.15, 0.2) is 5.11 Å². The smallest absolute Gasteiger partial charge is 0.340 e. The van der Waals surface area contributed by atoms with Crippen molar-refractivity contribution in [3.63, 3.8) is 0 Å². The van der Waals surface area contributed by atoms with Gasteiger partial charge >= 0.3 is 5.97 Å². The number of hydrogen-bond donors (Lipinski definition) is 2. The number of methoxy groups -OCH3 is 1. The van der Waals surface area contributed by atoms with Gasteiger partial charge < -0.3 is 15.4 Å². The third-order valence-electron chi connectivity index (χ3n) is 4.80. The fraction of sp³-hybridized carbons (Fsp3) is 0.0769. The van der Waals surface area contributed by atoms with Gasteiger partial charge in [0.1, 0.15) is 5.00 Å². The van der Waals surface area contributed by atoms with Crippen LogP contribution in [0.25, 0.3) is 0 Å². The van der Waals surface area contributed by atoms with Crippen LogP contribution < -0.4 is 10.6 Å². The number of rotatable bonds is 7. The van der Waals surface area contributed by atoms with E-state index in [9.17, 15) is 4.79 Å². The number of ether oxygens (including phenoxy) is 1. The van der Waals surface area contributed by atoms with E-state index in [0.29, 0.717) is 15.7 Å². The molecule has 8 heteroatoms. The predicted octanol–water partition coefficient (Wildman–Crippen LogP) is 7.35. The van der Waals surface area contributed by atoms with Gasteiger partial charge in [-0.3, -0.25) is 0 Å². The molecule has 0 atom stereocenters. The molecule has 0 aliphatic heterocycles. The number of esters is 1. The molecule has 6 nitrogen and oxygen atoms in total. The Morgan fingerprint density at radius 1 is 0.882 bits per heavy atom. The Kier molecular flexibility index (Phi) is 7.75. The van der Waals surface area contributed by atoms with Crippen molar-refractivity contribution in [2.24, 2.45) is 10.2 Å². The standard InChI is InChI=1S/C26H22N4O2S2/c1-32-25(31)23-17-22(16-18-8-4-2-5-9-18)34-24(23)28-26(33)27-19-12-14-21(15-13-19)30-29-20-10-6-3-7-11-20/h2-15,17H,16H2,1H3,(H2,27,28,33). The molecule has 1 heterocycles. The lowest BCUT2D eigenvalue weighted by molar-refractivity contribution is 0.0602. The van der Waals surface area contributed by atoms with Gasteiger partial charge in [0.2, 0.25) is 0 Å². The highest BCUT2D eigenvalue weighted by Gasteiger charge is 2.18. The first-order valence-electron chi connectivity index (χ1n) is 10.5. The van der Waals surface area contributed by atoms with Crippen molar-refractivity contribution in [1.82, 2.24) is 0 Å². The maximum absolute atomic E-state index is 12.3. The van der Waals surface area contributed by atoms with E-state index in [0.717, 1.165) is 33.9 Å². The average molecular weight is 487 g/mol. The van der Waals surface area contributed by atoms with Gasteiger partial charge in [-0.25, -0.2) is 4.79 Å². The zero-order valence-electron chi connectivity index (χ0n) is 18.4. The number of thiocarbonyl (C=S) groups is 1. The molecule has 4 rings (SSSR count). The van der Waals surface area contributed by atoms with E-state index in [1.165, 1.54) is 18.4 Å². The molecule has 34 heavy (non-hydrogen) atoms. The summed E-state index contributed by atoms with van der Waals surface area (Å²) < 4.78 is 4.95. The Hall–Kier alpha value is -3.88. The van der Waals surface area contributed by atoms with Crippen LogP contribution in [0.1, 0.15) is 20.8 Å². The van der Waals surface area contributed by atoms with Crippen LogP contribution in [0.3, 0.4) is 0 Å². The first-order valence-corrected chi connectivity index (χ1v) is 11.7. The van der Waals surface area contributed by atoms with Crippen molar-refractivity contribution < 1.29 is 9.53 Å². The van der Waals surface area contributed by atoms with Gasteiger partial charge in [-0.2, -0.15) is 10.2 Å². The Morgan fingerprint density at radius 3 is 2.15 bits per heavy atom. The van der Waals surface area contributed by atoms with E-state index in [1.54, 1.807) is 0 Å². The summed E-state index contributed by atoms with van der Waals surface area (Å²) in [7, 11) is 1.37. The van der Waals surface area contributed by atoms with E-state index >= 15 is 0 Å². The maximum Gasteiger partial charge on any atom is 0.340 e. The van der Waals surface area contributed by atoms with Gasteiger partial charge in [-0.1, -0.05) is 48.5 Å². The number of nitrogens with zero attached hydrogens (tertiary/aromatic N) is 2. The number of hydrogen-bond acceptors (Lipinski definition) is 6. The summed E-state index contributed by atoms with van der Waals surface area (Å²) in [6.45, 7) is 0. The Bertz CT molecular complexity index is 1290. The number of nitrogens with one attached hydrogen (secondary N) is 2. The lowest BCUT2D eigenvalue weighted by atomic mass is 10.1. The summed E-state index contributed by atoms with van der Waals surface area (Å²) in [5, 5.41) is 15.7. The highest BCUT2D eigenvalue weighted by molar-refractivity contribution is 7.80. The number of anilines is 2. The molecule has 0 bridgehead atoms. The average Bonchev–Trinajstić information content (AvgIpc) is 3.26. The molecule has 4 aromatic rings. The molecule has 0 aliphatic rings. The Morgan fingerprint density at radius 2 is 1.50 bits per heavy atom. The topological polar surface area (TPSA) is 75.1 Å². The molecule has 1 aromatic heterocycles. The highest BCUT2D eigenvalue weighted by Crippen LogP contribution is 2.31. The number of benzene rings is 3. The zero-order valence-corrected chi connectivity index (χ0v) is 20.0. The van der Waals surface area contributed by atoms with Gasteiger partial charge in [-0.15, -0.1) is 11.3 Å². The Balaban J connectivity index is 1.41. The van der Waals surface area contributed by atoms with Crippen molar-refractivity contribution in [3.05, 3.63) is 107 Å². The molecule has 170 valence electrons. The fourth-order valence-electron chi connectivity index (χ4n) is 3.17. The van der Waals surface area contributed by atoms with E-state index in [1.807, 2.05) is 78.9 Å². The summed E-state index contributed by atoms with van der Waals surface area (Å²) in [5.74, 6) is -0.408. The second-order valence-corrected chi connectivity index (χ2v) is 8.82. The van der Waals surface area contributed by atoms with Crippen molar-refractivity contribution in [2.45, 2.75) is 6.42 Å². The molecule has 3 aromatic carbocycles. The first-order chi connectivity index (χ1) is 16.6. The largest absolute Gasteiger partial charge is 0.465 e. The number of carbonyl (C=O) groups is 1. The van der Waals surface area contributed by atoms with Gasteiger partial charge in [0.05, 0.1) is 24.0 Å². The molecular formula is C26H22N4O2S2. The maximum atomic E-state index is 12.3. The molecule has 0 spiro atoms. The molecule has 0 saturated carbocycles. The van der Waals surface area contributed by atoms with Crippen LogP contribution in [-0.2, 0) is 11.2 Å². The normalized spacial score (nSPS) is 10.7. The van der Waals surface area contributed by atoms with Crippen molar-refractivity contribution in [3.8, 4) is 0 Å². The molecule has 0 radical (unpaired) electrons. The van der Waals surface area contributed by atoms with Gasteiger partial charge in [-0.05, 0) is 60.2 Å². The van der Waals surface area contributed by atoms with Crippen LogP contribution in [0.4, 0.5) is 22.1 Å². The minimum absolute atomic E-state index is 0.372. The molecule has 0 aliphatic carbocycles. The third kappa shape index (κ3) is 6.34. The SMILES string of the molecule is COC(=O)c1cc(Cc2ccccc2)sc1NC(=S)Nc1ccc(N=Nc2ccccc2)cc1. The number of thiophene rings is 1. The lowest BCUT2D eigenvalue weighted by Gasteiger charge is -2.10. The monoisotopic (exact) mass is 486 g/mol. The van der Waals surface area contributed by atoms with Gasteiger partial charge in [0.25, 0.3) is 0 Å². The number of azo groups is 1. The van der Waals surface area contributed by atoms with Crippen LogP contribution in [0.5, 0.6) is 0 Å². The van der Waals surface area contributed by atoms with E-state index < -0.39 is 5.97 Å². The summed E-state index contributed by atoms with van der Waals surface area (Å²) in [6.07, 6.45) is 0.719. The molecule has 0 fully saturated rings. The van der Waals surface area contributed by atoms with Crippen molar-refractivity contribution in [2.75, 3.05) is 17.7 Å². The second kappa shape index (κ2) is 11.3. The summed E-state index contributed by atoms with van der Waals surface area (Å²) >= 11 is 6.95. The molecular weight excluding hydrogens is 464 g/mol. The van der Waals surface area contributed by atoms with E-state index in [2.05, 4.69) is 33.0 Å². The Labute approximate surface area is 207 Å². The quantitative estimate of drug-likeness (QED) is 0.162. The van der Waals surface area contributed by atoms with E-state index in [4.69, 9.17) is 17.0 Å². The summed E-state index contributed by atoms with van der Waals surface area (Å²) in [5.41, 5.74) is 3.93. The van der Waals surface area contributed by atoms with Crippen LogP contribution in [0, 0.1) is 0 Å². The summed E-state index contributed by atoms with van der Waals surface area (Å²) in [6, 6.07) is 28.9. The lowest BCUT2D eigenvalue weighted by Crippen LogP contribution is -2.19. The van der Waals surface area contributed by atoms with Crippen LogP contribution in [-0.4, -0.2) is 18.2 Å². The predicted molar refractivity (Wildman–Crippen MR) is 142 cm³/mol. The highest BCUT2D eigenvalue weighted by atomic mass is 32.1.